The smallest absolute Gasteiger partial charge is 0.0546 e. The second kappa shape index (κ2) is 16.2. The van der Waals surface area contributed by atoms with Gasteiger partial charge in [-0.1, -0.05) is 158 Å². The van der Waals surface area contributed by atoms with Gasteiger partial charge in [0.15, 0.2) is 0 Å². The molecule has 0 spiro atoms. The number of benzene rings is 12. The molecule has 4 heteroatoms. The molecule has 12 aromatic carbocycles. The molecule has 14 aromatic rings. The number of hydrogen-bond donors (Lipinski definition) is 0. The molecule has 328 valence electrons. The van der Waals surface area contributed by atoms with Crippen LogP contribution in [-0.2, 0) is 0 Å². The average Bonchev–Trinajstić information content (AvgIpc) is 3.94. The zero-order valence-electron chi connectivity index (χ0n) is 38.2. The van der Waals surface area contributed by atoms with Gasteiger partial charge in [-0.25, -0.2) is 0 Å². The van der Waals surface area contributed by atoms with Gasteiger partial charge in [0.25, 0.3) is 0 Å². The minimum Gasteiger partial charge on any atom is -0.310 e. The van der Waals surface area contributed by atoms with Crippen molar-refractivity contribution in [1.29, 1.82) is 0 Å². The van der Waals surface area contributed by atoms with Crippen LogP contribution in [0.5, 0.6) is 0 Å². The number of nitrogens with zero attached hydrogens (tertiary/aromatic N) is 4. The zero-order chi connectivity index (χ0) is 46.1. The molecule has 0 unspecified atom stereocenters. The molecule has 0 amide bonds. The number of para-hydroxylation sites is 6. The molecule has 14 rings (SSSR count). The molecule has 0 saturated heterocycles. The first-order valence-corrected chi connectivity index (χ1v) is 24.0. The molecular weight excluding hydrogens is 849 g/mol. The van der Waals surface area contributed by atoms with Gasteiger partial charge in [-0.15, -0.1) is 0 Å². The first-order chi connectivity index (χ1) is 34.8. The summed E-state index contributed by atoms with van der Waals surface area (Å²) in [6.45, 7) is 0. The van der Waals surface area contributed by atoms with Crippen LogP contribution >= 0.6 is 0 Å². The largest absolute Gasteiger partial charge is 0.310 e. The van der Waals surface area contributed by atoms with Crippen LogP contribution in [0.4, 0.5) is 34.1 Å². The summed E-state index contributed by atoms with van der Waals surface area (Å²) in [5, 5.41) is 12.1. The fourth-order valence-electron chi connectivity index (χ4n) is 11.2. The molecule has 2 heterocycles. The second-order valence-corrected chi connectivity index (χ2v) is 18.1. The van der Waals surface area contributed by atoms with E-state index in [-0.39, 0.29) is 0 Å². The van der Waals surface area contributed by atoms with Crippen LogP contribution in [0.15, 0.2) is 267 Å². The number of aromatic nitrogens is 2. The lowest BCUT2D eigenvalue weighted by Crippen LogP contribution is -2.11. The third-order valence-corrected chi connectivity index (χ3v) is 14.2. The van der Waals surface area contributed by atoms with Crippen LogP contribution in [0, 0.1) is 0 Å². The minimum atomic E-state index is 1.10. The third-order valence-electron chi connectivity index (χ3n) is 14.2. The van der Waals surface area contributed by atoms with E-state index in [1.807, 2.05) is 0 Å². The van der Waals surface area contributed by atoms with Crippen molar-refractivity contribution in [3.05, 3.63) is 267 Å². The highest BCUT2D eigenvalue weighted by atomic mass is 15.2. The van der Waals surface area contributed by atoms with Crippen molar-refractivity contribution in [2.24, 2.45) is 0 Å². The molecule has 0 radical (unpaired) electrons. The van der Waals surface area contributed by atoms with E-state index in [2.05, 4.69) is 286 Å². The lowest BCUT2D eigenvalue weighted by Gasteiger charge is -2.29. The maximum atomic E-state index is 2.45. The Hall–Kier alpha value is -9.38. The van der Waals surface area contributed by atoms with Gasteiger partial charge in [0, 0.05) is 66.4 Å². The highest BCUT2D eigenvalue weighted by Gasteiger charge is 2.23. The Balaban J connectivity index is 0.995. The minimum absolute atomic E-state index is 1.10. The zero-order valence-corrected chi connectivity index (χ0v) is 38.2. The predicted molar refractivity (Wildman–Crippen MR) is 297 cm³/mol. The van der Waals surface area contributed by atoms with Gasteiger partial charge in [0.2, 0.25) is 0 Å². The van der Waals surface area contributed by atoms with Gasteiger partial charge in [-0.2, -0.15) is 0 Å². The van der Waals surface area contributed by atoms with E-state index in [1.165, 1.54) is 75.9 Å². The fraction of sp³-hybridized carbons (Fsp3) is 0. The van der Waals surface area contributed by atoms with E-state index in [1.54, 1.807) is 0 Å². The van der Waals surface area contributed by atoms with Crippen LogP contribution in [-0.4, -0.2) is 9.13 Å². The van der Waals surface area contributed by atoms with Crippen molar-refractivity contribution in [2.45, 2.75) is 0 Å². The van der Waals surface area contributed by atoms with E-state index in [0.717, 1.165) is 45.5 Å². The quantitative estimate of drug-likeness (QED) is 0.141. The van der Waals surface area contributed by atoms with Gasteiger partial charge < -0.3 is 18.9 Å². The Morgan fingerprint density at radius 2 is 0.571 bits per heavy atom. The first kappa shape index (κ1) is 39.8. The highest BCUT2D eigenvalue weighted by molar-refractivity contribution is 6.23. The molecule has 0 bridgehead atoms. The molecular formula is C66H44N4. The molecule has 0 aliphatic carbocycles. The van der Waals surface area contributed by atoms with Crippen LogP contribution in [0.25, 0.3) is 87.3 Å². The van der Waals surface area contributed by atoms with Crippen molar-refractivity contribution in [3.63, 3.8) is 0 Å². The monoisotopic (exact) mass is 892 g/mol. The lowest BCUT2D eigenvalue weighted by molar-refractivity contribution is 1.18. The third kappa shape index (κ3) is 6.24. The summed E-state index contributed by atoms with van der Waals surface area (Å²) in [5.41, 5.74) is 13.7. The van der Waals surface area contributed by atoms with Gasteiger partial charge in [-0.3, -0.25) is 0 Å². The number of fused-ring (bicyclic) bond motifs is 11. The van der Waals surface area contributed by atoms with Crippen LogP contribution < -0.4 is 9.80 Å². The molecule has 0 saturated carbocycles. The summed E-state index contributed by atoms with van der Waals surface area (Å²) in [6.07, 6.45) is 0. The highest BCUT2D eigenvalue weighted by Crippen LogP contribution is 2.48. The number of anilines is 6. The summed E-state index contributed by atoms with van der Waals surface area (Å²) in [5.74, 6) is 0. The van der Waals surface area contributed by atoms with Gasteiger partial charge in [0.1, 0.15) is 0 Å². The van der Waals surface area contributed by atoms with Crippen molar-refractivity contribution in [3.8, 4) is 11.4 Å². The standard InChI is InChI=1S/C66H44N4/c1-5-20-45(21-6-1)67(49-36-40-64-59(42-49)55-30-15-17-33-62(55)69(64)47-24-9-3-10-25-47)61-35-19-32-52-57(61)39-38-53-51-28-13-14-29-54(51)66(44-58(52)53)68(46-22-7-2-8-23-46)50-37-41-65-60(43-50)56-31-16-18-34-63(56)70(65)48-26-11-4-12-27-48/h1-44H. The van der Waals surface area contributed by atoms with Gasteiger partial charge >= 0.3 is 0 Å². The van der Waals surface area contributed by atoms with Crippen molar-refractivity contribution in [2.75, 3.05) is 9.80 Å². The Kier molecular flexibility index (Phi) is 9.17. The van der Waals surface area contributed by atoms with Crippen molar-refractivity contribution in [1.82, 2.24) is 9.13 Å². The molecule has 70 heavy (non-hydrogen) atoms. The van der Waals surface area contributed by atoms with Crippen LogP contribution in [0.3, 0.4) is 0 Å². The maximum Gasteiger partial charge on any atom is 0.0546 e. The van der Waals surface area contributed by atoms with Crippen LogP contribution in [0.2, 0.25) is 0 Å². The fourth-order valence-corrected chi connectivity index (χ4v) is 11.2. The predicted octanol–water partition coefficient (Wildman–Crippen LogP) is 18.3. The summed E-state index contributed by atoms with van der Waals surface area (Å²) < 4.78 is 4.77. The van der Waals surface area contributed by atoms with Gasteiger partial charge in [-0.05, 0) is 131 Å². The molecule has 0 fully saturated rings. The van der Waals surface area contributed by atoms with E-state index in [4.69, 9.17) is 0 Å². The van der Waals surface area contributed by atoms with E-state index < -0.39 is 0 Å². The topological polar surface area (TPSA) is 16.3 Å². The van der Waals surface area contributed by atoms with Gasteiger partial charge in [0.05, 0.1) is 33.4 Å². The van der Waals surface area contributed by atoms with Crippen LogP contribution in [0.1, 0.15) is 0 Å². The summed E-state index contributed by atoms with van der Waals surface area (Å²) >= 11 is 0. The van der Waals surface area contributed by atoms with Crippen molar-refractivity contribution >= 4 is 110 Å². The summed E-state index contributed by atoms with van der Waals surface area (Å²) in [7, 11) is 0. The Morgan fingerprint density at radius 1 is 0.200 bits per heavy atom. The first-order valence-electron chi connectivity index (χ1n) is 24.0. The number of hydrogen-bond acceptors (Lipinski definition) is 2. The van der Waals surface area contributed by atoms with E-state index in [9.17, 15) is 0 Å². The maximum absolute atomic E-state index is 2.45. The second-order valence-electron chi connectivity index (χ2n) is 18.1. The van der Waals surface area contributed by atoms with E-state index in [0.29, 0.717) is 0 Å². The lowest BCUT2D eigenvalue weighted by atomic mass is 9.94. The Morgan fingerprint density at radius 3 is 1.11 bits per heavy atom. The Bertz CT molecular complexity index is 4290. The average molecular weight is 893 g/mol. The molecule has 0 atom stereocenters. The molecule has 0 N–H and O–H groups in total. The normalized spacial score (nSPS) is 11.7. The summed E-state index contributed by atoms with van der Waals surface area (Å²) in [6, 6.07) is 97.3. The molecule has 0 aliphatic rings. The molecule has 0 aliphatic heterocycles. The molecule has 2 aromatic heterocycles. The molecule has 4 nitrogen and oxygen atoms in total. The SMILES string of the molecule is c1ccc(N(c2ccc3c(c2)c2ccccc2n3-c2ccccc2)c2cc3c4cccc(N(c5ccccc5)c5ccc6c(c5)c5ccccc5n6-c5ccccc5)c4ccc3c3ccccc23)cc1. The Labute approximate surface area is 405 Å². The van der Waals surface area contributed by atoms with Crippen molar-refractivity contribution < 1.29 is 0 Å². The van der Waals surface area contributed by atoms with E-state index >= 15 is 0 Å². The summed E-state index contributed by atoms with van der Waals surface area (Å²) in [4.78, 5) is 4.89. The number of rotatable bonds is 8.